The Kier molecular flexibility index (Phi) is 6.71. The predicted octanol–water partition coefficient (Wildman–Crippen LogP) is 4.96. The van der Waals surface area contributed by atoms with Gasteiger partial charge in [0.15, 0.2) is 0 Å². The highest BCUT2D eigenvalue weighted by Gasteiger charge is 2.22. The zero-order valence-corrected chi connectivity index (χ0v) is 12.4. The Morgan fingerprint density at radius 2 is 1.71 bits per heavy atom. The minimum absolute atomic E-state index is 0.205. The van der Waals surface area contributed by atoms with E-state index in [4.69, 9.17) is 0 Å². The van der Waals surface area contributed by atoms with Crippen LogP contribution in [0.4, 0.5) is 0 Å². The second kappa shape index (κ2) is 7.80. The van der Waals surface area contributed by atoms with Crippen molar-refractivity contribution in [2.75, 3.05) is 0 Å². The second-order valence-electron chi connectivity index (χ2n) is 5.55. The van der Waals surface area contributed by atoms with Crippen molar-refractivity contribution in [3.05, 3.63) is 11.1 Å². The van der Waals surface area contributed by atoms with Gasteiger partial charge >= 0.3 is 0 Å². The molecular formula is C14H26N2S. The summed E-state index contributed by atoms with van der Waals surface area (Å²) in [5.41, 5.74) is 1.37. The lowest BCUT2D eigenvalue weighted by Gasteiger charge is -2.21. The molecular weight excluding hydrogens is 228 g/mol. The maximum absolute atomic E-state index is 4.20. The third-order valence-electron chi connectivity index (χ3n) is 3.46. The lowest BCUT2D eigenvalue weighted by molar-refractivity contribution is 0.431. The van der Waals surface area contributed by atoms with Crippen molar-refractivity contribution >= 4 is 11.5 Å². The van der Waals surface area contributed by atoms with E-state index >= 15 is 0 Å². The molecule has 0 saturated carbocycles. The summed E-state index contributed by atoms with van der Waals surface area (Å²) in [5.74, 6) is 0. The van der Waals surface area contributed by atoms with E-state index in [-0.39, 0.29) is 5.41 Å². The third kappa shape index (κ3) is 5.62. The van der Waals surface area contributed by atoms with Crippen LogP contribution in [0.3, 0.4) is 0 Å². The van der Waals surface area contributed by atoms with Crippen LogP contribution in [0.2, 0.25) is 0 Å². The van der Waals surface area contributed by atoms with Crippen LogP contribution in [0.5, 0.6) is 0 Å². The van der Waals surface area contributed by atoms with Crippen LogP contribution >= 0.6 is 11.5 Å². The van der Waals surface area contributed by atoms with E-state index in [0.29, 0.717) is 0 Å². The van der Waals surface area contributed by atoms with Crippen molar-refractivity contribution in [3.63, 3.8) is 0 Å². The van der Waals surface area contributed by atoms with E-state index in [9.17, 15) is 0 Å². The minimum atomic E-state index is 0.205. The molecule has 0 aliphatic carbocycles. The van der Waals surface area contributed by atoms with Crippen molar-refractivity contribution in [1.82, 2.24) is 9.59 Å². The van der Waals surface area contributed by atoms with Crippen molar-refractivity contribution in [2.24, 2.45) is 0 Å². The number of hydrogen-bond acceptors (Lipinski definition) is 3. The van der Waals surface area contributed by atoms with E-state index in [2.05, 4.69) is 35.7 Å². The summed E-state index contributed by atoms with van der Waals surface area (Å²) in [4.78, 5) is 0. The molecule has 0 radical (unpaired) electrons. The van der Waals surface area contributed by atoms with Gasteiger partial charge < -0.3 is 0 Å². The van der Waals surface area contributed by atoms with Crippen LogP contribution in [0.15, 0.2) is 5.38 Å². The number of hydrogen-bond donors (Lipinski definition) is 0. The molecule has 1 rings (SSSR count). The Balaban J connectivity index is 2.10. The van der Waals surface area contributed by atoms with Gasteiger partial charge in [-0.1, -0.05) is 70.2 Å². The Bertz CT molecular complexity index is 280. The molecule has 0 saturated heterocycles. The van der Waals surface area contributed by atoms with Crippen molar-refractivity contribution < 1.29 is 0 Å². The average Bonchev–Trinajstić information content (AvgIpc) is 2.82. The number of nitrogens with zero attached hydrogens (tertiary/aromatic N) is 2. The zero-order chi connectivity index (χ0) is 12.6. The van der Waals surface area contributed by atoms with Gasteiger partial charge in [0.05, 0.1) is 5.69 Å². The molecule has 1 heterocycles. The zero-order valence-electron chi connectivity index (χ0n) is 11.5. The van der Waals surface area contributed by atoms with Gasteiger partial charge in [-0.3, -0.25) is 0 Å². The molecule has 0 aliphatic heterocycles. The van der Waals surface area contributed by atoms with Crippen LogP contribution in [0, 0.1) is 0 Å². The highest BCUT2D eigenvalue weighted by Crippen LogP contribution is 2.28. The van der Waals surface area contributed by atoms with Gasteiger partial charge in [-0.25, -0.2) is 0 Å². The van der Waals surface area contributed by atoms with Gasteiger partial charge in [-0.2, -0.15) is 0 Å². The summed E-state index contributed by atoms with van der Waals surface area (Å²) >= 11 is 1.46. The first-order chi connectivity index (χ1) is 8.17. The lowest BCUT2D eigenvalue weighted by atomic mass is 9.84. The standard InChI is InChI=1S/C14H26N2S/c1-4-5-6-7-8-9-10-11-14(2,3)13-12-17-16-15-13/h12H,4-11H2,1-3H3. The Hall–Kier alpha value is -0.440. The number of aromatic nitrogens is 2. The molecule has 3 heteroatoms. The summed E-state index contributed by atoms with van der Waals surface area (Å²) < 4.78 is 3.96. The summed E-state index contributed by atoms with van der Waals surface area (Å²) in [6, 6.07) is 0. The summed E-state index contributed by atoms with van der Waals surface area (Å²) in [6.45, 7) is 6.83. The first kappa shape index (κ1) is 14.6. The summed E-state index contributed by atoms with van der Waals surface area (Å²) in [6.07, 6.45) is 10.9. The van der Waals surface area contributed by atoms with E-state index in [1.165, 1.54) is 62.9 Å². The second-order valence-corrected chi connectivity index (χ2v) is 6.16. The molecule has 2 nitrogen and oxygen atoms in total. The van der Waals surface area contributed by atoms with Gasteiger partial charge in [-0.15, -0.1) is 5.10 Å². The quantitative estimate of drug-likeness (QED) is 0.582. The average molecular weight is 254 g/mol. The van der Waals surface area contributed by atoms with Gasteiger partial charge in [0.25, 0.3) is 0 Å². The van der Waals surface area contributed by atoms with Crippen molar-refractivity contribution in [3.8, 4) is 0 Å². The minimum Gasteiger partial charge on any atom is -0.143 e. The fourth-order valence-electron chi connectivity index (χ4n) is 2.11. The molecule has 0 amide bonds. The Morgan fingerprint density at radius 1 is 1.06 bits per heavy atom. The van der Waals surface area contributed by atoms with E-state index in [1.807, 2.05) is 0 Å². The smallest absolute Gasteiger partial charge is 0.0811 e. The molecule has 0 spiro atoms. The van der Waals surface area contributed by atoms with E-state index in [1.54, 1.807) is 0 Å². The molecule has 0 bridgehead atoms. The fraction of sp³-hybridized carbons (Fsp3) is 0.857. The normalized spacial score (nSPS) is 11.9. The highest BCUT2D eigenvalue weighted by molar-refractivity contribution is 7.03. The van der Waals surface area contributed by atoms with Gasteiger partial charge in [-0.05, 0) is 18.0 Å². The van der Waals surface area contributed by atoms with Crippen LogP contribution in [0.25, 0.3) is 0 Å². The largest absolute Gasteiger partial charge is 0.143 e. The molecule has 0 unspecified atom stereocenters. The number of unbranched alkanes of at least 4 members (excludes halogenated alkanes) is 6. The molecule has 0 aliphatic rings. The maximum Gasteiger partial charge on any atom is 0.0811 e. The molecule has 1 aromatic rings. The van der Waals surface area contributed by atoms with E-state index in [0.717, 1.165) is 5.69 Å². The number of rotatable bonds is 9. The van der Waals surface area contributed by atoms with Crippen LogP contribution < -0.4 is 0 Å². The van der Waals surface area contributed by atoms with E-state index < -0.39 is 0 Å². The molecule has 98 valence electrons. The van der Waals surface area contributed by atoms with Gasteiger partial charge in [0.1, 0.15) is 0 Å². The lowest BCUT2D eigenvalue weighted by Crippen LogP contribution is -2.17. The highest BCUT2D eigenvalue weighted by atomic mass is 32.1. The van der Waals surface area contributed by atoms with Crippen LogP contribution in [-0.2, 0) is 5.41 Å². The van der Waals surface area contributed by atoms with Crippen molar-refractivity contribution in [1.29, 1.82) is 0 Å². The van der Waals surface area contributed by atoms with Gasteiger partial charge in [0, 0.05) is 10.8 Å². The topological polar surface area (TPSA) is 25.8 Å². The monoisotopic (exact) mass is 254 g/mol. The Labute approximate surface area is 110 Å². The van der Waals surface area contributed by atoms with Crippen LogP contribution in [0.1, 0.15) is 77.8 Å². The van der Waals surface area contributed by atoms with Gasteiger partial charge in [0.2, 0.25) is 0 Å². The molecule has 0 fully saturated rings. The molecule has 1 aromatic heterocycles. The maximum atomic E-state index is 4.20. The SMILES string of the molecule is CCCCCCCCCC(C)(C)c1csnn1. The summed E-state index contributed by atoms with van der Waals surface area (Å²) in [7, 11) is 0. The molecule has 0 atom stereocenters. The predicted molar refractivity (Wildman–Crippen MR) is 75.5 cm³/mol. The molecule has 0 aromatic carbocycles. The molecule has 17 heavy (non-hydrogen) atoms. The first-order valence-corrected chi connectivity index (χ1v) is 7.78. The fourth-order valence-corrected chi connectivity index (χ4v) is 2.76. The Morgan fingerprint density at radius 3 is 2.29 bits per heavy atom. The van der Waals surface area contributed by atoms with Crippen molar-refractivity contribution in [2.45, 2.75) is 77.6 Å². The van der Waals surface area contributed by atoms with Crippen LogP contribution in [-0.4, -0.2) is 9.59 Å². The third-order valence-corrected chi connectivity index (χ3v) is 3.96. The molecule has 0 N–H and O–H groups in total. The summed E-state index contributed by atoms with van der Waals surface area (Å²) in [5, 5.41) is 6.28. The first-order valence-electron chi connectivity index (χ1n) is 6.94.